The Morgan fingerprint density at radius 3 is 2.62 bits per heavy atom. The molecule has 24 heavy (non-hydrogen) atoms. The standard InChI is InChI=1S/C20H28N2O2/c23-20(17-10-13-24-15-17)22-12-5-9-19(22)18-8-4-11-21(18)14-16-6-2-1-3-7-16/h1-3,6-7,17-19H,4-5,8-15H2. The van der Waals surface area contributed by atoms with Gasteiger partial charge in [0.05, 0.1) is 12.5 Å². The second-order valence-corrected chi connectivity index (χ2v) is 7.47. The van der Waals surface area contributed by atoms with Crippen LogP contribution in [0.5, 0.6) is 0 Å². The number of hydrogen-bond donors (Lipinski definition) is 0. The van der Waals surface area contributed by atoms with Gasteiger partial charge in [0.1, 0.15) is 0 Å². The summed E-state index contributed by atoms with van der Waals surface area (Å²) in [6.07, 6.45) is 5.69. The molecule has 1 amide bonds. The van der Waals surface area contributed by atoms with Crippen molar-refractivity contribution in [1.82, 2.24) is 9.80 Å². The molecule has 3 aliphatic heterocycles. The molecule has 3 saturated heterocycles. The number of amides is 1. The molecule has 4 nitrogen and oxygen atoms in total. The van der Waals surface area contributed by atoms with Crippen LogP contribution in [-0.2, 0) is 16.1 Å². The predicted molar refractivity (Wildman–Crippen MR) is 93.5 cm³/mol. The van der Waals surface area contributed by atoms with Crippen LogP contribution in [0.3, 0.4) is 0 Å². The van der Waals surface area contributed by atoms with E-state index in [1.54, 1.807) is 0 Å². The van der Waals surface area contributed by atoms with Gasteiger partial charge in [-0.3, -0.25) is 9.69 Å². The lowest BCUT2D eigenvalue weighted by Crippen LogP contribution is -2.49. The van der Waals surface area contributed by atoms with Crippen molar-refractivity contribution in [2.45, 2.75) is 50.7 Å². The normalized spacial score (nSPS) is 31.0. The van der Waals surface area contributed by atoms with Crippen molar-refractivity contribution in [3.05, 3.63) is 35.9 Å². The van der Waals surface area contributed by atoms with Gasteiger partial charge in [-0.15, -0.1) is 0 Å². The summed E-state index contributed by atoms with van der Waals surface area (Å²) in [7, 11) is 0. The fourth-order valence-electron chi connectivity index (χ4n) is 4.73. The second kappa shape index (κ2) is 7.24. The van der Waals surface area contributed by atoms with E-state index >= 15 is 0 Å². The highest BCUT2D eigenvalue weighted by atomic mass is 16.5. The van der Waals surface area contributed by atoms with Gasteiger partial charge in [-0.05, 0) is 44.2 Å². The summed E-state index contributed by atoms with van der Waals surface area (Å²) in [5.41, 5.74) is 1.38. The van der Waals surface area contributed by atoms with Crippen LogP contribution in [0.15, 0.2) is 30.3 Å². The third-order valence-electron chi connectivity index (χ3n) is 5.95. The SMILES string of the molecule is O=C(C1CCOC1)N1CCCC1C1CCCN1Cc1ccccc1. The Morgan fingerprint density at radius 2 is 1.83 bits per heavy atom. The molecule has 0 bridgehead atoms. The van der Waals surface area contributed by atoms with E-state index in [0.29, 0.717) is 24.6 Å². The summed E-state index contributed by atoms with van der Waals surface area (Å²) in [5.74, 6) is 0.455. The molecule has 0 N–H and O–H groups in total. The Morgan fingerprint density at radius 1 is 1.04 bits per heavy atom. The molecule has 3 atom stereocenters. The Hall–Kier alpha value is -1.39. The molecule has 130 valence electrons. The van der Waals surface area contributed by atoms with Crippen LogP contribution >= 0.6 is 0 Å². The summed E-state index contributed by atoms with van der Waals surface area (Å²) in [4.78, 5) is 17.7. The summed E-state index contributed by atoms with van der Waals surface area (Å²) in [5, 5.41) is 0. The Bertz CT molecular complexity index is 556. The molecule has 0 radical (unpaired) electrons. The molecule has 3 unspecified atom stereocenters. The van der Waals surface area contributed by atoms with Crippen LogP contribution in [0, 0.1) is 5.92 Å². The maximum Gasteiger partial charge on any atom is 0.228 e. The van der Waals surface area contributed by atoms with E-state index in [0.717, 1.165) is 45.5 Å². The van der Waals surface area contributed by atoms with Gasteiger partial charge in [0.25, 0.3) is 0 Å². The molecule has 3 heterocycles. The van der Waals surface area contributed by atoms with E-state index in [4.69, 9.17) is 4.74 Å². The van der Waals surface area contributed by atoms with Gasteiger partial charge in [0.2, 0.25) is 5.91 Å². The van der Waals surface area contributed by atoms with Crippen molar-refractivity contribution >= 4 is 5.91 Å². The first-order valence-corrected chi connectivity index (χ1v) is 9.49. The third-order valence-corrected chi connectivity index (χ3v) is 5.95. The fraction of sp³-hybridized carbons (Fsp3) is 0.650. The smallest absolute Gasteiger partial charge is 0.228 e. The van der Waals surface area contributed by atoms with Crippen molar-refractivity contribution < 1.29 is 9.53 Å². The summed E-state index contributed by atoms with van der Waals surface area (Å²) in [6.45, 7) is 4.48. The van der Waals surface area contributed by atoms with Crippen molar-refractivity contribution in [2.75, 3.05) is 26.3 Å². The van der Waals surface area contributed by atoms with Crippen molar-refractivity contribution in [3.8, 4) is 0 Å². The summed E-state index contributed by atoms with van der Waals surface area (Å²) >= 11 is 0. The third kappa shape index (κ3) is 3.22. The van der Waals surface area contributed by atoms with E-state index in [2.05, 4.69) is 40.1 Å². The molecule has 4 rings (SSSR count). The van der Waals surface area contributed by atoms with Crippen LogP contribution < -0.4 is 0 Å². The molecule has 1 aromatic rings. The summed E-state index contributed by atoms with van der Waals surface area (Å²) < 4.78 is 5.44. The van der Waals surface area contributed by atoms with Crippen molar-refractivity contribution in [1.29, 1.82) is 0 Å². The molecule has 3 fully saturated rings. The molecule has 0 aliphatic carbocycles. The quantitative estimate of drug-likeness (QED) is 0.852. The number of rotatable bonds is 4. The molecule has 0 spiro atoms. The molecule has 0 saturated carbocycles. The minimum Gasteiger partial charge on any atom is -0.381 e. The zero-order chi connectivity index (χ0) is 16.4. The highest BCUT2D eigenvalue weighted by Gasteiger charge is 2.41. The van der Waals surface area contributed by atoms with E-state index in [1.165, 1.54) is 18.4 Å². The monoisotopic (exact) mass is 328 g/mol. The number of carbonyl (C=O) groups is 1. The minimum absolute atomic E-state index is 0.106. The zero-order valence-electron chi connectivity index (χ0n) is 14.4. The second-order valence-electron chi connectivity index (χ2n) is 7.47. The Labute approximate surface area is 144 Å². The summed E-state index contributed by atoms with van der Waals surface area (Å²) in [6, 6.07) is 11.7. The largest absolute Gasteiger partial charge is 0.381 e. The van der Waals surface area contributed by atoms with Crippen molar-refractivity contribution in [2.24, 2.45) is 5.92 Å². The van der Waals surface area contributed by atoms with E-state index in [-0.39, 0.29) is 5.92 Å². The van der Waals surface area contributed by atoms with Crippen LogP contribution in [0.4, 0.5) is 0 Å². The zero-order valence-corrected chi connectivity index (χ0v) is 14.4. The lowest BCUT2D eigenvalue weighted by molar-refractivity contribution is -0.137. The Balaban J connectivity index is 1.45. The van der Waals surface area contributed by atoms with Gasteiger partial charge in [-0.2, -0.15) is 0 Å². The maximum atomic E-state index is 12.9. The highest BCUT2D eigenvalue weighted by molar-refractivity contribution is 5.80. The van der Waals surface area contributed by atoms with Crippen LogP contribution in [0.25, 0.3) is 0 Å². The average molecular weight is 328 g/mol. The lowest BCUT2D eigenvalue weighted by atomic mass is 10.0. The van der Waals surface area contributed by atoms with Gasteiger partial charge in [-0.1, -0.05) is 30.3 Å². The van der Waals surface area contributed by atoms with Gasteiger partial charge < -0.3 is 9.64 Å². The van der Waals surface area contributed by atoms with Gasteiger partial charge in [0.15, 0.2) is 0 Å². The highest BCUT2D eigenvalue weighted by Crippen LogP contribution is 2.32. The minimum atomic E-state index is 0.106. The lowest BCUT2D eigenvalue weighted by Gasteiger charge is -2.36. The first kappa shape index (κ1) is 16.1. The van der Waals surface area contributed by atoms with E-state index in [1.807, 2.05) is 0 Å². The number of ether oxygens (including phenoxy) is 1. The Kier molecular flexibility index (Phi) is 4.86. The molecule has 0 aromatic heterocycles. The maximum absolute atomic E-state index is 12.9. The van der Waals surface area contributed by atoms with Crippen LogP contribution in [-0.4, -0.2) is 54.1 Å². The fourth-order valence-corrected chi connectivity index (χ4v) is 4.73. The van der Waals surface area contributed by atoms with Gasteiger partial charge in [0, 0.05) is 31.8 Å². The molecule has 3 aliphatic rings. The van der Waals surface area contributed by atoms with Gasteiger partial charge >= 0.3 is 0 Å². The molecule has 4 heteroatoms. The molecule has 1 aromatic carbocycles. The number of carbonyl (C=O) groups excluding carboxylic acids is 1. The van der Waals surface area contributed by atoms with Crippen molar-refractivity contribution in [3.63, 3.8) is 0 Å². The molecular weight excluding hydrogens is 300 g/mol. The number of nitrogens with zero attached hydrogens (tertiary/aromatic N) is 2. The number of likely N-dealkylation sites (tertiary alicyclic amines) is 2. The molecular formula is C20H28N2O2. The van der Waals surface area contributed by atoms with E-state index in [9.17, 15) is 4.79 Å². The first-order valence-electron chi connectivity index (χ1n) is 9.49. The average Bonchev–Trinajstić information content (AvgIpc) is 3.36. The number of benzene rings is 1. The van der Waals surface area contributed by atoms with Gasteiger partial charge in [-0.25, -0.2) is 0 Å². The predicted octanol–water partition coefficient (Wildman–Crippen LogP) is 2.68. The van der Waals surface area contributed by atoms with Crippen LogP contribution in [0.2, 0.25) is 0 Å². The topological polar surface area (TPSA) is 32.8 Å². The van der Waals surface area contributed by atoms with E-state index < -0.39 is 0 Å². The first-order chi connectivity index (χ1) is 11.8. The van der Waals surface area contributed by atoms with Crippen LogP contribution in [0.1, 0.15) is 37.7 Å². The number of hydrogen-bond acceptors (Lipinski definition) is 3.